The summed E-state index contributed by atoms with van der Waals surface area (Å²) < 4.78 is 29.6. The van der Waals surface area contributed by atoms with Gasteiger partial charge in [-0.2, -0.15) is 0 Å². The van der Waals surface area contributed by atoms with Crippen LogP contribution in [0.2, 0.25) is 0 Å². The summed E-state index contributed by atoms with van der Waals surface area (Å²) in [5.74, 6) is 1.79. The lowest BCUT2D eigenvalue weighted by Gasteiger charge is -2.40. The first kappa shape index (κ1) is 23.0. The summed E-state index contributed by atoms with van der Waals surface area (Å²) in [7, 11) is 1.60. The van der Waals surface area contributed by atoms with Crippen LogP contribution in [-0.2, 0) is 0 Å². The van der Waals surface area contributed by atoms with Crippen LogP contribution in [0.3, 0.4) is 0 Å². The second-order valence-electron chi connectivity index (χ2n) is 8.57. The van der Waals surface area contributed by atoms with Crippen molar-refractivity contribution >= 4 is 11.6 Å². The molecule has 3 aromatic carbocycles. The second kappa shape index (κ2) is 10.2. The van der Waals surface area contributed by atoms with Crippen molar-refractivity contribution in [1.29, 1.82) is 0 Å². The number of benzene rings is 3. The molecular weight excluding hydrogens is 449 g/mol. The zero-order chi connectivity index (χ0) is 24.2. The molecule has 5 rings (SSSR count). The van der Waals surface area contributed by atoms with Crippen molar-refractivity contribution in [2.45, 2.75) is 6.04 Å². The number of piperazine rings is 1. The number of methoxy groups -OCH3 is 1. The quantitative estimate of drug-likeness (QED) is 0.558. The van der Waals surface area contributed by atoms with Crippen molar-refractivity contribution < 1.29 is 23.4 Å². The lowest BCUT2D eigenvalue weighted by Crippen LogP contribution is -2.50. The third-order valence-corrected chi connectivity index (χ3v) is 6.54. The largest absolute Gasteiger partial charge is 0.497 e. The van der Waals surface area contributed by atoms with Gasteiger partial charge in [0.1, 0.15) is 11.6 Å². The molecule has 7 nitrogen and oxygen atoms in total. The highest BCUT2D eigenvalue weighted by atomic mass is 19.1. The average molecular weight is 478 g/mol. The Morgan fingerprint density at radius 1 is 0.971 bits per heavy atom. The second-order valence-corrected chi connectivity index (χ2v) is 8.57. The first-order valence-electron chi connectivity index (χ1n) is 11.7. The zero-order valence-electron chi connectivity index (χ0n) is 19.6. The number of carbonyl (C=O) groups excluding carboxylic acids is 1. The molecule has 0 radical (unpaired) electrons. The van der Waals surface area contributed by atoms with Crippen molar-refractivity contribution in [3.8, 4) is 17.2 Å². The van der Waals surface area contributed by atoms with Crippen LogP contribution in [0.5, 0.6) is 17.2 Å². The predicted molar refractivity (Wildman–Crippen MR) is 131 cm³/mol. The fourth-order valence-corrected chi connectivity index (χ4v) is 4.56. The Labute approximate surface area is 204 Å². The fraction of sp³-hybridized carbons (Fsp3) is 0.296. The van der Waals surface area contributed by atoms with Gasteiger partial charge in [0, 0.05) is 44.0 Å². The Morgan fingerprint density at radius 2 is 1.69 bits per heavy atom. The summed E-state index contributed by atoms with van der Waals surface area (Å²) in [6.45, 7) is 3.87. The maximum absolute atomic E-state index is 13.3. The van der Waals surface area contributed by atoms with Crippen molar-refractivity contribution in [1.82, 2.24) is 10.2 Å². The van der Waals surface area contributed by atoms with E-state index in [0.717, 1.165) is 48.9 Å². The number of hydrogen-bond acceptors (Lipinski definition) is 6. The number of halogens is 1. The topological polar surface area (TPSA) is 63.3 Å². The first-order chi connectivity index (χ1) is 17.1. The highest BCUT2D eigenvalue weighted by Crippen LogP contribution is 2.36. The van der Waals surface area contributed by atoms with Crippen molar-refractivity contribution in [3.63, 3.8) is 0 Å². The molecule has 35 heavy (non-hydrogen) atoms. The van der Waals surface area contributed by atoms with E-state index >= 15 is 0 Å². The average Bonchev–Trinajstić information content (AvgIpc) is 3.38. The van der Waals surface area contributed by atoms with E-state index in [-0.39, 0.29) is 24.6 Å². The van der Waals surface area contributed by atoms with Crippen LogP contribution < -0.4 is 24.4 Å². The molecule has 182 valence electrons. The van der Waals surface area contributed by atoms with Gasteiger partial charge in [0.15, 0.2) is 11.5 Å². The van der Waals surface area contributed by atoms with Gasteiger partial charge in [-0.1, -0.05) is 6.07 Å². The molecular formula is C27H28FN3O4. The standard InChI is InChI=1S/C27H28FN3O4/c1-33-23-9-2-19(3-10-23)27(32)29-17-24(20-4-11-25-26(16-20)35-18-34-25)31-14-12-30(13-15-31)22-7-5-21(28)6-8-22/h2-11,16,24H,12-15,17-18H2,1H3,(H,29,32)/t24-/m0/s1. The number of nitrogens with one attached hydrogen (secondary N) is 1. The van der Waals surface area contributed by atoms with Gasteiger partial charge in [-0.15, -0.1) is 0 Å². The van der Waals surface area contributed by atoms with Gasteiger partial charge in [0.2, 0.25) is 6.79 Å². The molecule has 1 amide bonds. The zero-order valence-corrected chi connectivity index (χ0v) is 19.6. The summed E-state index contributed by atoms with van der Waals surface area (Å²) in [6.07, 6.45) is 0. The monoisotopic (exact) mass is 477 g/mol. The predicted octanol–water partition coefficient (Wildman–Crippen LogP) is 3.86. The Kier molecular flexibility index (Phi) is 6.72. The molecule has 2 aliphatic rings. The number of amides is 1. The summed E-state index contributed by atoms with van der Waals surface area (Å²) in [4.78, 5) is 17.5. The van der Waals surface area contributed by atoms with E-state index in [9.17, 15) is 9.18 Å². The van der Waals surface area contributed by atoms with Gasteiger partial charge in [-0.3, -0.25) is 9.69 Å². The summed E-state index contributed by atoms with van der Waals surface area (Å²) in [5.41, 5.74) is 2.65. The molecule has 0 spiro atoms. The molecule has 1 fully saturated rings. The highest BCUT2D eigenvalue weighted by molar-refractivity contribution is 5.94. The lowest BCUT2D eigenvalue weighted by molar-refractivity contribution is 0.0930. The molecule has 0 aromatic heterocycles. The highest BCUT2D eigenvalue weighted by Gasteiger charge is 2.27. The van der Waals surface area contributed by atoms with E-state index in [4.69, 9.17) is 14.2 Å². The minimum Gasteiger partial charge on any atom is -0.497 e. The molecule has 1 N–H and O–H groups in total. The van der Waals surface area contributed by atoms with Gasteiger partial charge in [-0.25, -0.2) is 4.39 Å². The van der Waals surface area contributed by atoms with Gasteiger partial charge in [-0.05, 0) is 66.2 Å². The van der Waals surface area contributed by atoms with E-state index in [0.29, 0.717) is 17.9 Å². The Balaban J connectivity index is 1.30. The fourth-order valence-electron chi connectivity index (χ4n) is 4.56. The van der Waals surface area contributed by atoms with Crippen molar-refractivity contribution in [2.24, 2.45) is 0 Å². The van der Waals surface area contributed by atoms with Crippen LogP contribution in [-0.4, -0.2) is 57.4 Å². The van der Waals surface area contributed by atoms with Gasteiger partial charge < -0.3 is 24.4 Å². The summed E-state index contributed by atoms with van der Waals surface area (Å²) in [5, 5.41) is 3.10. The molecule has 1 saturated heterocycles. The van der Waals surface area contributed by atoms with Crippen LogP contribution in [0.4, 0.5) is 10.1 Å². The maximum atomic E-state index is 13.3. The van der Waals surface area contributed by atoms with Gasteiger partial charge in [0.25, 0.3) is 5.91 Å². The number of hydrogen-bond donors (Lipinski definition) is 1. The van der Waals surface area contributed by atoms with Crippen molar-refractivity contribution in [3.05, 3.63) is 83.7 Å². The third kappa shape index (κ3) is 5.17. The van der Waals surface area contributed by atoms with Crippen LogP contribution >= 0.6 is 0 Å². The minimum atomic E-state index is -0.233. The number of nitrogens with zero attached hydrogens (tertiary/aromatic N) is 2. The molecule has 2 aliphatic heterocycles. The Bertz CT molecular complexity index is 1160. The van der Waals surface area contributed by atoms with E-state index in [1.165, 1.54) is 12.1 Å². The molecule has 0 unspecified atom stereocenters. The van der Waals surface area contributed by atoms with Gasteiger partial charge in [0.05, 0.1) is 13.2 Å². The van der Waals surface area contributed by atoms with Crippen LogP contribution in [0.1, 0.15) is 22.0 Å². The molecule has 2 heterocycles. The number of ether oxygens (including phenoxy) is 3. The molecule has 3 aromatic rings. The Morgan fingerprint density at radius 3 is 2.40 bits per heavy atom. The lowest BCUT2D eigenvalue weighted by atomic mass is 10.0. The molecule has 1 atom stereocenters. The normalized spacial score (nSPS) is 16.1. The Hall–Kier alpha value is -3.78. The third-order valence-electron chi connectivity index (χ3n) is 6.54. The maximum Gasteiger partial charge on any atom is 0.251 e. The van der Waals surface area contributed by atoms with Crippen LogP contribution in [0.15, 0.2) is 66.7 Å². The SMILES string of the molecule is COc1ccc(C(=O)NC[C@@H](c2ccc3c(c2)OCO3)N2CCN(c3ccc(F)cc3)CC2)cc1. The van der Waals surface area contributed by atoms with E-state index in [2.05, 4.69) is 15.1 Å². The number of fused-ring (bicyclic) bond motifs is 1. The summed E-state index contributed by atoms with van der Waals surface area (Å²) >= 11 is 0. The molecule has 0 bridgehead atoms. The molecule has 8 heteroatoms. The van der Waals surface area contributed by atoms with E-state index in [1.807, 2.05) is 30.3 Å². The smallest absolute Gasteiger partial charge is 0.251 e. The van der Waals surface area contributed by atoms with E-state index in [1.54, 1.807) is 31.4 Å². The van der Waals surface area contributed by atoms with Crippen molar-refractivity contribution in [2.75, 3.05) is 51.5 Å². The first-order valence-corrected chi connectivity index (χ1v) is 11.7. The van der Waals surface area contributed by atoms with Crippen LogP contribution in [0.25, 0.3) is 0 Å². The summed E-state index contributed by atoms with van der Waals surface area (Å²) in [6, 6.07) is 19.6. The number of carbonyl (C=O) groups is 1. The van der Waals surface area contributed by atoms with Crippen LogP contribution in [0, 0.1) is 5.82 Å². The minimum absolute atomic E-state index is 0.0398. The van der Waals surface area contributed by atoms with E-state index < -0.39 is 0 Å². The number of rotatable bonds is 7. The molecule has 0 saturated carbocycles. The van der Waals surface area contributed by atoms with Gasteiger partial charge >= 0.3 is 0 Å². The molecule has 0 aliphatic carbocycles. The number of anilines is 1.